The van der Waals surface area contributed by atoms with Gasteiger partial charge < -0.3 is 10.5 Å². The van der Waals surface area contributed by atoms with Crippen LogP contribution in [0, 0.1) is 35.0 Å². The normalized spacial score (nSPS) is 35.3. The van der Waals surface area contributed by atoms with Gasteiger partial charge in [0.25, 0.3) is 0 Å². The second-order valence-electron chi connectivity index (χ2n) is 10.8. The first-order chi connectivity index (χ1) is 16.7. The molecule has 1 aromatic rings. The summed E-state index contributed by atoms with van der Waals surface area (Å²) in [5, 5.41) is 2.74. The van der Waals surface area contributed by atoms with Crippen molar-refractivity contribution in [3.63, 3.8) is 0 Å². The number of fused-ring (bicyclic) bond motifs is 5. The summed E-state index contributed by atoms with van der Waals surface area (Å²) in [4.78, 5) is 49.2. The van der Waals surface area contributed by atoms with E-state index in [1.54, 1.807) is 31.2 Å². The van der Waals surface area contributed by atoms with Crippen LogP contribution >= 0.6 is 0 Å². The largest absolute Gasteiger partial charge is 0.446 e. The van der Waals surface area contributed by atoms with E-state index >= 15 is 0 Å². The van der Waals surface area contributed by atoms with Crippen LogP contribution < -0.4 is 11.1 Å². The van der Waals surface area contributed by atoms with Crippen molar-refractivity contribution in [1.29, 1.82) is 0 Å². The summed E-state index contributed by atoms with van der Waals surface area (Å²) in [5.74, 6) is 0.452. The van der Waals surface area contributed by atoms with Gasteiger partial charge in [0, 0.05) is 29.5 Å². The first-order valence-corrected chi connectivity index (χ1v) is 12.5. The van der Waals surface area contributed by atoms with E-state index in [1.165, 1.54) is 6.07 Å². The molecule has 3 N–H and O–H groups in total. The number of ketones is 2. The van der Waals surface area contributed by atoms with Crippen molar-refractivity contribution >= 4 is 29.3 Å². The first-order valence-electron chi connectivity index (χ1n) is 12.5. The van der Waals surface area contributed by atoms with E-state index in [-0.39, 0.29) is 40.7 Å². The molecule has 2 saturated carbocycles. The molecule has 0 radical (unpaired) electrons. The number of hydrogen-bond donors (Lipinski definition) is 2. The van der Waals surface area contributed by atoms with Gasteiger partial charge >= 0.3 is 6.09 Å². The Morgan fingerprint density at radius 3 is 2.71 bits per heavy atom. The minimum atomic E-state index is -0.596. The van der Waals surface area contributed by atoms with E-state index in [9.17, 15) is 19.2 Å². The van der Waals surface area contributed by atoms with Crippen molar-refractivity contribution in [2.75, 3.05) is 5.32 Å². The van der Waals surface area contributed by atoms with Crippen molar-refractivity contribution in [2.45, 2.75) is 52.1 Å². The van der Waals surface area contributed by atoms with Crippen LogP contribution in [0.2, 0.25) is 0 Å². The van der Waals surface area contributed by atoms with Crippen LogP contribution in [0.4, 0.5) is 10.5 Å². The van der Waals surface area contributed by atoms with Gasteiger partial charge in [-0.15, -0.1) is 0 Å². The summed E-state index contributed by atoms with van der Waals surface area (Å²) in [5.41, 5.74) is 6.86. The molecule has 0 spiro atoms. The van der Waals surface area contributed by atoms with Gasteiger partial charge in [0.2, 0.25) is 5.91 Å². The van der Waals surface area contributed by atoms with Gasteiger partial charge in [0.1, 0.15) is 11.9 Å². The maximum Gasteiger partial charge on any atom is 0.411 e. The number of allylic oxidation sites excluding steroid dienone is 4. The number of primary amides is 1. The predicted octanol–water partition coefficient (Wildman–Crippen LogP) is 4.44. The van der Waals surface area contributed by atoms with Crippen LogP contribution in [0.3, 0.4) is 0 Å². The number of nitrogens with one attached hydrogen (secondary N) is 1. The number of carbonyl (C=O) groups excluding carboxylic acids is 4. The van der Waals surface area contributed by atoms with E-state index in [0.29, 0.717) is 30.0 Å². The molecule has 5 rings (SSSR count). The summed E-state index contributed by atoms with van der Waals surface area (Å²) in [6.45, 7) is 3.85. The first kappa shape index (κ1) is 23.5. The van der Waals surface area contributed by atoms with Gasteiger partial charge in [-0.05, 0) is 85.6 Å². The second-order valence-corrected chi connectivity index (χ2v) is 10.8. The van der Waals surface area contributed by atoms with Gasteiger partial charge in [-0.3, -0.25) is 19.7 Å². The Labute approximate surface area is 205 Å². The monoisotopic (exact) mass is 476 g/mol. The van der Waals surface area contributed by atoms with Crippen LogP contribution in [0.15, 0.2) is 48.1 Å². The Hall–Kier alpha value is -3.22. The van der Waals surface area contributed by atoms with Gasteiger partial charge in [-0.1, -0.05) is 25.1 Å². The third-order valence-electron chi connectivity index (χ3n) is 8.96. The van der Waals surface area contributed by atoms with Gasteiger partial charge in [0.05, 0.1) is 0 Å². The maximum absolute atomic E-state index is 13.1. The molecule has 1 aromatic carbocycles. The molecule has 0 bridgehead atoms. The van der Waals surface area contributed by atoms with Gasteiger partial charge in [-0.2, -0.15) is 0 Å². The number of anilines is 1. The Kier molecular flexibility index (Phi) is 5.90. The van der Waals surface area contributed by atoms with E-state index < -0.39 is 18.1 Å². The zero-order chi connectivity index (χ0) is 24.9. The quantitative estimate of drug-likeness (QED) is 0.667. The highest BCUT2D eigenvalue weighted by Crippen LogP contribution is 2.63. The molecular weight excluding hydrogens is 444 g/mol. The molecule has 7 nitrogen and oxygen atoms in total. The lowest BCUT2D eigenvalue weighted by Gasteiger charge is -2.54. The summed E-state index contributed by atoms with van der Waals surface area (Å²) in [6, 6.07) is 6.43. The zero-order valence-electron chi connectivity index (χ0n) is 20.2. The van der Waals surface area contributed by atoms with Crippen molar-refractivity contribution in [3.05, 3.63) is 53.6 Å². The maximum atomic E-state index is 13.1. The topological polar surface area (TPSA) is 116 Å². The molecule has 0 saturated heterocycles. The molecule has 0 heterocycles. The Balaban J connectivity index is 1.45. The van der Waals surface area contributed by atoms with Crippen LogP contribution in [0.5, 0.6) is 0 Å². The second kappa shape index (κ2) is 8.77. The lowest BCUT2D eigenvalue weighted by molar-refractivity contribution is -0.131. The molecular formula is C28H32N2O5. The molecule has 7 atom stereocenters. The average molecular weight is 477 g/mol. The Morgan fingerprint density at radius 2 is 1.97 bits per heavy atom. The molecule has 35 heavy (non-hydrogen) atoms. The lowest BCUT2D eigenvalue weighted by atomic mass is 9.51. The van der Waals surface area contributed by atoms with Crippen molar-refractivity contribution in [3.8, 4) is 0 Å². The fourth-order valence-electron chi connectivity index (χ4n) is 7.53. The fraction of sp³-hybridized carbons (Fsp3) is 0.500. The number of carbonyl (C=O) groups is 4. The van der Waals surface area contributed by atoms with Crippen LogP contribution in [0.25, 0.3) is 0 Å². The van der Waals surface area contributed by atoms with Crippen LogP contribution in [-0.2, 0) is 14.3 Å². The van der Waals surface area contributed by atoms with Crippen molar-refractivity contribution < 1.29 is 23.9 Å². The third kappa shape index (κ3) is 4.11. The van der Waals surface area contributed by atoms with Crippen molar-refractivity contribution in [1.82, 2.24) is 0 Å². The number of benzene rings is 1. The number of Topliss-reactive ketones (excluding diaryl/α,β-unsaturated/α-hetero) is 1. The smallest absolute Gasteiger partial charge is 0.411 e. The number of hydrogen-bond acceptors (Lipinski definition) is 5. The average Bonchev–Trinajstić information content (AvgIpc) is 3.15. The van der Waals surface area contributed by atoms with E-state index in [0.717, 1.165) is 24.8 Å². The predicted molar refractivity (Wildman–Crippen MR) is 130 cm³/mol. The molecule has 7 heteroatoms. The van der Waals surface area contributed by atoms with Gasteiger partial charge in [-0.25, -0.2) is 4.79 Å². The Morgan fingerprint density at radius 1 is 1.17 bits per heavy atom. The third-order valence-corrected chi connectivity index (χ3v) is 8.96. The number of amides is 2. The molecule has 4 aliphatic carbocycles. The van der Waals surface area contributed by atoms with E-state index in [2.05, 4.69) is 24.4 Å². The zero-order valence-corrected chi connectivity index (χ0v) is 20.2. The van der Waals surface area contributed by atoms with Crippen molar-refractivity contribution in [2.24, 2.45) is 40.7 Å². The minimum absolute atomic E-state index is 0.0480. The van der Waals surface area contributed by atoms with E-state index in [4.69, 9.17) is 10.5 Å². The summed E-state index contributed by atoms with van der Waals surface area (Å²) < 4.78 is 6.12. The fourth-order valence-corrected chi connectivity index (χ4v) is 7.53. The molecule has 184 valence electrons. The summed E-state index contributed by atoms with van der Waals surface area (Å²) >= 11 is 0. The Bertz CT molecular complexity index is 1150. The lowest BCUT2D eigenvalue weighted by Crippen LogP contribution is -2.54. The molecule has 2 fully saturated rings. The highest BCUT2D eigenvalue weighted by atomic mass is 16.6. The summed E-state index contributed by atoms with van der Waals surface area (Å²) in [7, 11) is 0. The standard InChI is InChI=1S/C28H32N2O5/c1-15(31)22-10-11-23-21-8-6-16-13-19(32)7-9-20(16)25(21)24(14-28(22,23)2)35-27(34)30-18-5-3-4-17(12-18)26(29)33/h3-6,8,12-13,20-25H,7,9-11,14H2,1-2H3,(H2,29,33)(H,30,34). The highest BCUT2D eigenvalue weighted by Gasteiger charge is 2.60. The summed E-state index contributed by atoms with van der Waals surface area (Å²) in [6.07, 6.45) is 8.74. The number of nitrogens with two attached hydrogens (primary N) is 1. The van der Waals surface area contributed by atoms with Crippen LogP contribution in [-0.4, -0.2) is 29.7 Å². The SMILES string of the molecule is CC(=O)C1CCC2C3C=CC4=CC(=O)CCC4C3C(OC(=O)Nc3cccc(C(N)=O)c3)CC12C. The highest BCUT2D eigenvalue weighted by molar-refractivity contribution is 5.95. The number of ether oxygens (including phenoxy) is 1. The van der Waals surface area contributed by atoms with E-state index in [1.807, 2.05) is 0 Å². The molecule has 0 aliphatic heterocycles. The molecule has 0 aromatic heterocycles. The minimum Gasteiger partial charge on any atom is -0.446 e. The van der Waals surface area contributed by atoms with Gasteiger partial charge in [0.15, 0.2) is 5.78 Å². The van der Waals surface area contributed by atoms with Crippen LogP contribution in [0.1, 0.15) is 56.3 Å². The molecule has 2 amide bonds. The number of rotatable bonds is 4. The molecule has 7 unspecified atom stereocenters. The molecule has 4 aliphatic rings.